The highest BCUT2D eigenvalue weighted by atomic mass is 79.9. The molecular formula is C15H45BrSi7. The molecule has 140 valence electrons. The summed E-state index contributed by atoms with van der Waals surface area (Å²) in [6.45, 7) is 38.9. The summed E-state index contributed by atoms with van der Waals surface area (Å²) in [7, 11) is -4.62. The van der Waals surface area contributed by atoms with E-state index in [4.69, 9.17) is 15.3 Å². The van der Waals surface area contributed by atoms with Gasteiger partial charge in [-0.3, -0.25) is 0 Å². The Balaban J connectivity index is 6.94. The van der Waals surface area contributed by atoms with E-state index in [0.717, 1.165) is 0 Å². The molecule has 0 atom stereocenters. The number of hydrogen-bond donors (Lipinski definition) is 0. The molecule has 0 amide bonds. The molecule has 0 aliphatic heterocycles. The minimum atomic E-state index is -1.42. The van der Waals surface area contributed by atoms with Gasteiger partial charge < -0.3 is 0 Å². The van der Waals surface area contributed by atoms with Crippen LogP contribution < -0.4 is 0 Å². The van der Waals surface area contributed by atoms with Gasteiger partial charge in [0.05, 0.1) is 0 Å². The minimum absolute atomic E-state index is 1.15. The molecule has 0 rings (SSSR count). The maximum Gasteiger partial charge on any atom is 0.102 e. The van der Waals surface area contributed by atoms with Crippen LogP contribution in [0.15, 0.2) is 0 Å². The molecule has 0 unspecified atom stereocenters. The van der Waals surface area contributed by atoms with Crippen LogP contribution in [0.3, 0.4) is 0 Å². The van der Waals surface area contributed by atoms with Gasteiger partial charge in [0.15, 0.2) is 0 Å². The van der Waals surface area contributed by atoms with Crippen molar-refractivity contribution in [3.05, 3.63) is 0 Å². The molecule has 0 aromatic heterocycles. The number of halogens is 1. The quantitative estimate of drug-likeness (QED) is 0.273. The third-order valence-electron chi connectivity index (χ3n) is 7.88. The first-order valence-corrected chi connectivity index (χ1v) is 38.9. The van der Waals surface area contributed by atoms with Crippen molar-refractivity contribution in [3.8, 4) is 0 Å². The zero-order valence-electron chi connectivity index (χ0n) is 18.9. The first kappa shape index (κ1) is 25.0. The molecule has 0 aromatic carbocycles. The highest BCUT2D eigenvalue weighted by molar-refractivity contribution is 9.30. The smallest absolute Gasteiger partial charge is 0.102 e. The fourth-order valence-corrected chi connectivity index (χ4v) is 296. The van der Waals surface area contributed by atoms with E-state index in [0.29, 0.717) is 0 Å². The maximum absolute atomic E-state index is 4.77. The van der Waals surface area contributed by atoms with E-state index in [9.17, 15) is 0 Å². The third-order valence-corrected chi connectivity index (χ3v) is 188. The SMILES string of the molecule is C[Si](C)(C)[Si](C)([Si](C)(C)C)[Si](C)(Br)[Si](C)([Si](C)(C)C)[Si](C)(C)C. The van der Waals surface area contributed by atoms with Crippen LogP contribution in [-0.2, 0) is 0 Å². The Hall–Kier alpha value is 2.00. The largest absolute Gasteiger partial charge is 0.134 e. The van der Waals surface area contributed by atoms with Gasteiger partial charge in [0, 0.05) is 43.6 Å². The highest BCUT2D eigenvalue weighted by Gasteiger charge is 2.72. The predicted molar refractivity (Wildman–Crippen MR) is 137 cm³/mol. The van der Waals surface area contributed by atoms with Gasteiger partial charge in [0.25, 0.3) is 0 Å². The first-order valence-electron chi connectivity index (χ1n) is 9.19. The molecule has 0 saturated heterocycles. The predicted octanol–water partition coefficient (Wildman–Crippen LogP) is 6.94. The van der Waals surface area contributed by atoms with Crippen molar-refractivity contribution in [1.82, 2.24) is 0 Å². The summed E-state index contributed by atoms with van der Waals surface area (Å²) in [5.41, 5.74) is -1.42. The van der Waals surface area contributed by atoms with Crippen molar-refractivity contribution in [2.45, 2.75) is 98.2 Å². The lowest BCUT2D eigenvalue weighted by molar-refractivity contribution is 1.74. The van der Waals surface area contributed by atoms with Gasteiger partial charge in [-0.05, 0) is 0 Å². The molecule has 23 heavy (non-hydrogen) atoms. The van der Waals surface area contributed by atoms with Crippen molar-refractivity contribution in [2.75, 3.05) is 0 Å². The second-order valence-corrected chi connectivity index (χ2v) is 98.4. The van der Waals surface area contributed by atoms with Crippen LogP contribution in [-0.4, -0.2) is 49.3 Å². The minimum Gasteiger partial charge on any atom is -0.134 e. The third kappa shape index (κ3) is 3.70. The second-order valence-electron chi connectivity index (χ2n) is 12.3. The van der Waals surface area contributed by atoms with Crippen LogP contribution in [0.4, 0.5) is 0 Å². The fraction of sp³-hybridized carbons (Fsp3) is 1.00. The molecule has 0 bridgehead atoms. The summed E-state index contributed by atoms with van der Waals surface area (Å²) in [4.78, 5) is 0. The van der Waals surface area contributed by atoms with Gasteiger partial charge in [-0.2, -0.15) is 0 Å². The van der Waals surface area contributed by atoms with Crippen LogP contribution in [0.25, 0.3) is 0 Å². The van der Waals surface area contributed by atoms with Crippen molar-refractivity contribution >= 4 is 64.6 Å². The Morgan fingerprint density at radius 1 is 0.348 bits per heavy atom. The highest BCUT2D eigenvalue weighted by Crippen LogP contribution is 2.49. The zero-order chi connectivity index (χ0) is 19.5. The summed E-state index contributed by atoms with van der Waals surface area (Å²) >= 11 is 4.77. The molecule has 0 aliphatic rings. The van der Waals surface area contributed by atoms with Crippen LogP contribution >= 0.6 is 15.3 Å². The van der Waals surface area contributed by atoms with E-state index < -0.39 is 49.3 Å². The molecule has 0 aromatic rings. The van der Waals surface area contributed by atoms with Gasteiger partial charge in [-0.1, -0.05) is 98.2 Å². The number of hydrogen-bond acceptors (Lipinski definition) is 0. The Labute approximate surface area is 162 Å². The molecule has 0 nitrogen and oxygen atoms in total. The van der Waals surface area contributed by atoms with Gasteiger partial charge >= 0.3 is 0 Å². The standard InChI is InChI=1S/C15H45BrSi7/c1-17(2,3)22(14,18(4,5)6)21(13,16)23(15,19(7,8)9)20(10,11)12/h1-15H3. The average molecular weight is 502 g/mol. The second kappa shape index (κ2) is 6.56. The monoisotopic (exact) mass is 500 g/mol. The van der Waals surface area contributed by atoms with Crippen molar-refractivity contribution in [1.29, 1.82) is 0 Å². The zero-order valence-corrected chi connectivity index (χ0v) is 27.5. The Bertz CT molecular complexity index is 365. The van der Waals surface area contributed by atoms with Crippen molar-refractivity contribution < 1.29 is 0 Å². The molecule has 0 saturated carbocycles. The normalized spacial score (nSPS) is 16.7. The Morgan fingerprint density at radius 3 is 0.565 bits per heavy atom. The Kier molecular flexibility index (Phi) is 7.13. The van der Waals surface area contributed by atoms with Gasteiger partial charge in [0.1, 0.15) is 5.73 Å². The number of rotatable bonds is 6. The van der Waals surface area contributed by atoms with Gasteiger partial charge in [-0.15, -0.1) is 15.3 Å². The molecular weight excluding hydrogens is 457 g/mol. The lowest BCUT2D eigenvalue weighted by atomic mass is 11.8. The summed E-state index contributed by atoms with van der Waals surface area (Å²) in [5, 5.41) is 0. The Morgan fingerprint density at radius 2 is 0.478 bits per heavy atom. The summed E-state index contributed by atoms with van der Waals surface area (Å²) in [5.74, 6) is 0. The molecule has 0 fully saturated rings. The van der Waals surface area contributed by atoms with Crippen LogP contribution in [0.2, 0.25) is 98.2 Å². The molecule has 0 heterocycles. The van der Waals surface area contributed by atoms with E-state index in [1.807, 2.05) is 0 Å². The van der Waals surface area contributed by atoms with Crippen LogP contribution in [0, 0.1) is 0 Å². The molecule has 0 aliphatic carbocycles. The van der Waals surface area contributed by atoms with E-state index in [1.54, 1.807) is 0 Å². The average Bonchev–Trinajstić information content (AvgIpc) is 2.19. The van der Waals surface area contributed by atoms with Crippen LogP contribution in [0.5, 0.6) is 0 Å². The van der Waals surface area contributed by atoms with E-state index >= 15 is 0 Å². The van der Waals surface area contributed by atoms with E-state index in [1.165, 1.54) is 0 Å². The van der Waals surface area contributed by atoms with Gasteiger partial charge in [-0.25, -0.2) is 0 Å². The van der Waals surface area contributed by atoms with E-state index in [2.05, 4.69) is 98.2 Å². The topological polar surface area (TPSA) is 0 Å². The van der Waals surface area contributed by atoms with Crippen molar-refractivity contribution in [2.24, 2.45) is 0 Å². The summed E-state index contributed by atoms with van der Waals surface area (Å²) in [6.07, 6.45) is 0. The van der Waals surface area contributed by atoms with Crippen molar-refractivity contribution in [3.63, 3.8) is 0 Å². The lowest BCUT2D eigenvalue weighted by Gasteiger charge is -2.66. The molecule has 0 N–H and O–H groups in total. The fourth-order valence-electron chi connectivity index (χ4n) is 5.57. The maximum atomic E-state index is 4.77. The summed E-state index contributed by atoms with van der Waals surface area (Å²) < 4.78 is 0. The molecule has 8 heteroatoms. The summed E-state index contributed by atoms with van der Waals surface area (Å²) in [6, 6.07) is 0. The van der Waals surface area contributed by atoms with Gasteiger partial charge in [0.2, 0.25) is 0 Å². The first-order chi connectivity index (χ1) is 9.50. The van der Waals surface area contributed by atoms with E-state index in [-0.39, 0.29) is 0 Å². The lowest BCUT2D eigenvalue weighted by Crippen LogP contribution is -2.94. The van der Waals surface area contributed by atoms with Crippen LogP contribution in [0.1, 0.15) is 0 Å². The molecule has 0 spiro atoms. The molecule has 0 radical (unpaired) electrons.